The smallest absolute Gasteiger partial charge is 0.248 e. The van der Waals surface area contributed by atoms with Crippen molar-refractivity contribution in [2.75, 3.05) is 39.4 Å². The van der Waals surface area contributed by atoms with Crippen LogP contribution in [0.2, 0.25) is 5.02 Å². The molecule has 2 aromatic carbocycles. The standard InChI is InChI=1S/C22H27ClN2O3/c1-2-28-20-9-7-18(8-10-20)15-24-11-13-25(14-12-24)22(26)17-27-16-19-5-3-4-6-21(19)23/h3-10H,2,11-17H2,1H3. The third kappa shape index (κ3) is 5.96. The van der Waals surface area contributed by atoms with Crippen LogP contribution in [0.1, 0.15) is 18.1 Å². The topological polar surface area (TPSA) is 42.0 Å². The second-order valence-electron chi connectivity index (χ2n) is 6.82. The van der Waals surface area contributed by atoms with E-state index in [1.54, 1.807) is 0 Å². The molecular weight excluding hydrogens is 376 g/mol. The predicted octanol–water partition coefficient (Wildman–Crippen LogP) is 3.60. The number of rotatable bonds is 8. The molecule has 150 valence electrons. The van der Waals surface area contributed by atoms with Gasteiger partial charge in [-0.15, -0.1) is 0 Å². The van der Waals surface area contributed by atoms with E-state index in [1.165, 1.54) is 5.56 Å². The lowest BCUT2D eigenvalue weighted by molar-refractivity contribution is -0.138. The Morgan fingerprint density at radius 1 is 1.04 bits per heavy atom. The molecular formula is C22H27ClN2O3. The first-order chi connectivity index (χ1) is 13.7. The number of piperazine rings is 1. The maximum Gasteiger partial charge on any atom is 0.248 e. The first kappa shape index (κ1) is 20.6. The van der Waals surface area contributed by atoms with E-state index in [0.29, 0.717) is 18.2 Å². The van der Waals surface area contributed by atoms with E-state index in [1.807, 2.05) is 48.2 Å². The number of carbonyl (C=O) groups is 1. The van der Waals surface area contributed by atoms with Gasteiger partial charge in [-0.05, 0) is 36.2 Å². The quantitative estimate of drug-likeness (QED) is 0.676. The zero-order valence-electron chi connectivity index (χ0n) is 16.3. The van der Waals surface area contributed by atoms with Crippen LogP contribution in [0.5, 0.6) is 5.75 Å². The van der Waals surface area contributed by atoms with Crippen molar-refractivity contribution >= 4 is 17.5 Å². The highest BCUT2D eigenvalue weighted by Gasteiger charge is 2.21. The van der Waals surface area contributed by atoms with Gasteiger partial charge < -0.3 is 14.4 Å². The molecule has 0 saturated carbocycles. The Labute approximate surface area is 171 Å². The summed E-state index contributed by atoms with van der Waals surface area (Å²) in [5.41, 5.74) is 2.16. The first-order valence-electron chi connectivity index (χ1n) is 9.68. The van der Waals surface area contributed by atoms with Crippen molar-refractivity contribution in [2.24, 2.45) is 0 Å². The van der Waals surface area contributed by atoms with Crippen LogP contribution >= 0.6 is 11.6 Å². The monoisotopic (exact) mass is 402 g/mol. The lowest BCUT2D eigenvalue weighted by Gasteiger charge is -2.34. The largest absolute Gasteiger partial charge is 0.494 e. The van der Waals surface area contributed by atoms with Crippen molar-refractivity contribution in [1.82, 2.24) is 9.80 Å². The van der Waals surface area contributed by atoms with E-state index in [9.17, 15) is 4.79 Å². The molecule has 0 aliphatic carbocycles. The van der Waals surface area contributed by atoms with Crippen LogP contribution in [0, 0.1) is 0 Å². The van der Waals surface area contributed by atoms with E-state index in [0.717, 1.165) is 44.0 Å². The van der Waals surface area contributed by atoms with E-state index < -0.39 is 0 Å². The molecule has 0 unspecified atom stereocenters. The summed E-state index contributed by atoms with van der Waals surface area (Å²) in [5, 5.41) is 0.665. The van der Waals surface area contributed by atoms with Gasteiger partial charge in [0.15, 0.2) is 0 Å². The van der Waals surface area contributed by atoms with Gasteiger partial charge in [0.2, 0.25) is 5.91 Å². The average molecular weight is 403 g/mol. The Morgan fingerprint density at radius 2 is 1.75 bits per heavy atom. The summed E-state index contributed by atoms with van der Waals surface area (Å²) in [6.07, 6.45) is 0. The minimum Gasteiger partial charge on any atom is -0.494 e. The Hall–Kier alpha value is -2.08. The van der Waals surface area contributed by atoms with Crippen molar-refractivity contribution in [2.45, 2.75) is 20.1 Å². The fourth-order valence-corrected chi connectivity index (χ4v) is 3.42. The molecule has 5 nitrogen and oxygen atoms in total. The Kier molecular flexibility index (Phi) is 7.71. The molecule has 0 spiro atoms. The summed E-state index contributed by atoms with van der Waals surface area (Å²) in [4.78, 5) is 16.6. The summed E-state index contributed by atoms with van der Waals surface area (Å²) in [5.74, 6) is 0.936. The lowest BCUT2D eigenvalue weighted by atomic mass is 10.2. The van der Waals surface area contributed by atoms with Crippen LogP contribution in [0.25, 0.3) is 0 Å². The SMILES string of the molecule is CCOc1ccc(CN2CCN(C(=O)COCc3ccccc3Cl)CC2)cc1. The second kappa shape index (κ2) is 10.5. The summed E-state index contributed by atoms with van der Waals surface area (Å²) in [7, 11) is 0. The number of nitrogens with zero attached hydrogens (tertiary/aromatic N) is 2. The maximum absolute atomic E-state index is 12.4. The van der Waals surface area contributed by atoms with Crippen molar-refractivity contribution in [3.05, 3.63) is 64.7 Å². The highest BCUT2D eigenvalue weighted by atomic mass is 35.5. The van der Waals surface area contributed by atoms with Crippen molar-refractivity contribution in [3.63, 3.8) is 0 Å². The molecule has 0 N–H and O–H groups in total. The van der Waals surface area contributed by atoms with E-state index >= 15 is 0 Å². The zero-order chi connectivity index (χ0) is 19.8. The molecule has 1 aliphatic heterocycles. The Bertz CT molecular complexity index is 759. The Balaban J connectivity index is 1.38. The van der Waals surface area contributed by atoms with Crippen LogP contribution < -0.4 is 4.74 Å². The van der Waals surface area contributed by atoms with Gasteiger partial charge in [-0.3, -0.25) is 9.69 Å². The predicted molar refractivity (Wildman–Crippen MR) is 111 cm³/mol. The summed E-state index contributed by atoms with van der Waals surface area (Å²) in [6.45, 7) is 7.17. The highest BCUT2D eigenvalue weighted by molar-refractivity contribution is 6.31. The number of halogens is 1. The average Bonchev–Trinajstić information content (AvgIpc) is 2.71. The molecule has 6 heteroatoms. The third-order valence-corrected chi connectivity index (χ3v) is 5.18. The molecule has 3 rings (SSSR count). The number of hydrogen-bond donors (Lipinski definition) is 0. The van der Waals surface area contributed by atoms with Crippen LogP contribution in [0.3, 0.4) is 0 Å². The van der Waals surface area contributed by atoms with Crippen molar-refractivity contribution in [1.29, 1.82) is 0 Å². The van der Waals surface area contributed by atoms with Crippen LogP contribution in [0.15, 0.2) is 48.5 Å². The van der Waals surface area contributed by atoms with Gasteiger partial charge >= 0.3 is 0 Å². The number of ether oxygens (including phenoxy) is 2. The minimum atomic E-state index is 0.0350. The molecule has 0 radical (unpaired) electrons. The van der Waals surface area contributed by atoms with Gasteiger partial charge in [-0.2, -0.15) is 0 Å². The lowest BCUT2D eigenvalue weighted by Crippen LogP contribution is -2.49. The molecule has 1 aliphatic rings. The summed E-state index contributed by atoms with van der Waals surface area (Å²) >= 11 is 6.11. The summed E-state index contributed by atoms with van der Waals surface area (Å²) < 4.78 is 11.0. The highest BCUT2D eigenvalue weighted by Crippen LogP contribution is 2.16. The molecule has 2 aromatic rings. The molecule has 1 saturated heterocycles. The number of amides is 1. The normalized spacial score (nSPS) is 14.9. The minimum absolute atomic E-state index is 0.0350. The molecule has 0 aromatic heterocycles. The molecule has 0 bridgehead atoms. The molecule has 0 atom stereocenters. The second-order valence-corrected chi connectivity index (χ2v) is 7.23. The van der Waals surface area contributed by atoms with Crippen LogP contribution in [0.4, 0.5) is 0 Å². The van der Waals surface area contributed by atoms with Gasteiger partial charge in [0.05, 0.1) is 13.2 Å². The first-order valence-corrected chi connectivity index (χ1v) is 10.1. The summed E-state index contributed by atoms with van der Waals surface area (Å²) in [6, 6.07) is 15.7. The number of hydrogen-bond acceptors (Lipinski definition) is 4. The van der Waals surface area contributed by atoms with Gasteiger partial charge in [-0.25, -0.2) is 0 Å². The van der Waals surface area contributed by atoms with E-state index in [2.05, 4.69) is 17.0 Å². The number of carbonyl (C=O) groups excluding carboxylic acids is 1. The zero-order valence-corrected chi connectivity index (χ0v) is 17.0. The molecule has 28 heavy (non-hydrogen) atoms. The van der Waals surface area contributed by atoms with Crippen molar-refractivity contribution in [3.8, 4) is 5.75 Å². The fourth-order valence-electron chi connectivity index (χ4n) is 3.23. The molecule has 1 amide bonds. The maximum atomic E-state index is 12.4. The van der Waals surface area contributed by atoms with Gasteiger partial charge in [0.25, 0.3) is 0 Å². The third-order valence-electron chi connectivity index (χ3n) is 4.81. The van der Waals surface area contributed by atoms with Crippen molar-refractivity contribution < 1.29 is 14.3 Å². The van der Waals surface area contributed by atoms with Gasteiger partial charge in [-0.1, -0.05) is 41.9 Å². The van der Waals surface area contributed by atoms with Gasteiger partial charge in [0.1, 0.15) is 12.4 Å². The van der Waals surface area contributed by atoms with E-state index in [-0.39, 0.29) is 12.5 Å². The Morgan fingerprint density at radius 3 is 2.43 bits per heavy atom. The van der Waals surface area contributed by atoms with Gasteiger partial charge in [0, 0.05) is 37.7 Å². The fraction of sp³-hybridized carbons (Fsp3) is 0.409. The molecule has 1 heterocycles. The van der Waals surface area contributed by atoms with Crippen LogP contribution in [-0.2, 0) is 22.7 Å². The van der Waals surface area contributed by atoms with Crippen LogP contribution in [-0.4, -0.2) is 55.1 Å². The van der Waals surface area contributed by atoms with E-state index in [4.69, 9.17) is 21.1 Å². The number of benzene rings is 2. The molecule has 1 fully saturated rings.